The van der Waals surface area contributed by atoms with Crippen LogP contribution in [0.1, 0.15) is 31.9 Å². The van der Waals surface area contributed by atoms with Crippen LogP contribution in [0, 0.1) is 5.82 Å². The predicted molar refractivity (Wildman–Crippen MR) is 93.3 cm³/mol. The molecule has 25 heavy (non-hydrogen) atoms. The standard InChI is InChI=1S/C18H27FN4O2/c1-11(2)23-9-16(17(10-23)25-3)20-18(24)15-8-14(21-22-15)12-6-4-5-7-13(12)19/h4-7,11,14-17,21-22H,8-10H2,1-3H3,(H,20,24)/t14?,15?,16-,17-/m1/s1. The second-order valence-electron chi connectivity index (χ2n) is 7.09. The fourth-order valence-corrected chi connectivity index (χ4v) is 3.58. The number of hydrazine groups is 1. The number of nitrogens with zero attached hydrogens (tertiary/aromatic N) is 1. The number of nitrogens with one attached hydrogen (secondary N) is 3. The number of methoxy groups -OCH3 is 1. The first kappa shape index (κ1) is 18.3. The average molecular weight is 350 g/mol. The summed E-state index contributed by atoms with van der Waals surface area (Å²) in [6, 6.07) is 6.42. The van der Waals surface area contributed by atoms with Crippen molar-refractivity contribution >= 4 is 5.91 Å². The van der Waals surface area contributed by atoms with Crippen LogP contribution in [0.2, 0.25) is 0 Å². The molecule has 4 atom stereocenters. The quantitative estimate of drug-likeness (QED) is 0.738. The zero-order valence-electron chi connectivity index (χ0n) is 15.0. The molecule has 3 rings (SSSR count). The molecule has 0 radical (unpaired) electrons. The number of ether oxygens (including phenoxy) is 1. The normalized spacial score (nSPS) is 30.1. The van der Waals surface area contributed by atoms with Crippen LogP contribution in [0.5, 0.6) is 0 Å². The Kier molecular flexibility index (Phi) is 5.68. The Bertz CT molecular complexity index is 612. The number of amides is 1. The van der Waals surface area contributed by atoms with Crippen molar-refractivity contribution in [2.24, 2.45) is 0 Å². The number of benzene rings is 1. The molecule has 2 unspecified atom stereocenters. The maximum absolute atomic E-state index is 13.9. The molecule has 1 amide bonds. The van der Waals surface area contributed by atoms with E-state index in [2.05, 4.69) is 34.9 Å². The zero-order valence-corrected chi connectivity index (χ0v) is 15.0. The lowest BCUT2D eigenvalue weighted by atomic mass is 10.0. The molecular formula is C18H27FN4O2. The van der Waals surface area contributed by atoms with Crippen LogP contribution >= 0.6 is 0 Å². The molecule has 1 aromatic carbocycles. The summed E-state index contributed by atoms with van der Waals surface area (Å²) >= 11 is 0. The summed E-state index contributed by atoms with van der Waals surface area (Å²) in [6.45, 7) is 5.86. The molecule has 7 heteroatoms. The Morgan fingerprint density at radius 2 is 2.08 bits per heavy atom. The van der Waals surface area contributed by atoms with Crippen molar-refractivity contribution in [3.63, 3.8) is 0 Å². The molecule has 0 saturated carbocycles. The predicted octanol–water partition coefficient (Wildman–Crippen LogP) is 0.957. The van der Waals surface area contributed by atoms with E-state index in [-0.39, 0.29) is 29.9 Å². The van der Waals surface area contributed by atoms with Crippen LogP contribution in [-0.2, 0) is 9.53 Å². The summed E-state index contributed by atoms with van der Waals surface area (Å²) in [5.41, 5.74) is 6.59. The molecule has 3 N–H and O–H groups in total. The highest BCUT2D eigenvalue weighted by atomic mass is 19.1. The molecular weight excluding hydrogens is 323 g/mol. The largest absolute Gasteiger partial charge is 0.378 e. The topological polar surface area (TPSA) is 65.6 Å². The van der Waals surface area contributed by atoms with Crippen LogP contribution in [0.3, 0.4) is 0 Å². The van der Waals surface area contributed by atoms with E-state index >= 15 is 0 Å². The minimum absolute atomic E-state index is 0.0110. The third-order valence-corrected chi connectivity index (χ3v) is 5.16. The highest BCUT2D eigenvalue weighted by Crippen LogP contribution is 2.25. The highest BCUT2D eigenvalue weighted by Gasteiger charge is 2.38. The Hall–Kier alpha value is -1.54. The van der Waals surface area contributed by atoms with Gasteiger partial charge in [0.1, 0.15) is 11.9 Å². The van der Waals surface area contributed by atoms with E-state index in [0.29, 0.717) is 18.0 Å². The lowest BCUT2D eigenvalue weighted by Crippen LogP contribution is -2.51. The van der Waals surface area contributed by atoms with Crippen LogP contribution in [-0.4, -0.2) is 55.2 Å². The minimum atomic E-state index is -0.393. The summed E-state index contributed by atoms with van der Waals surface area (Å²) in [5, 5.41) is 3.09. The molecule has 138 valence electrons. The second kappa shape index (κ2) is 7.78. The maximum Gasteiger partial charge on any atom is 0.238 e. The number of halogens is 1. The van der Waals surface area contributed by atoms with Crippen molar-refractivity contribution in [3.8, 4) is 0 Å². The van der Waals surface area contributed by atoms with Gasteiger partial charge >= 0.3 is 0 Å². The van der Waals surface area contributed by atoms with Gasteiger partial charge in [-0.25, -0.2) is 15.2 Å². The van der Waals surface area contributed by atoms with Crippen molar-refractivity contribution in [3.05, 3.63) is 35.6 Å². The number of hydrogen-bond donors (Lipinski definition) is 3. The van der Waals surface area contributed by atoms with E-state index in [1.54, 1.807) is 25.3 Å². The number of likely N-dealkylation sites (tertiary alicyclic amines) is 1. The van der Waals surface area contributed by atoms with Gasteiger partial charge in [0.2, 0.25) is 5.91 Å². The molecule has 2 saturated heterocycles. The molecule has 1 aromatic rings. The van der Waals surface area contributed by atoms with E-state index in [0.717, 1.165) is 13.1 Å². The van der Waals surface area contributed by atoms with E-state index in [4.69, 9.17) is 4.74 Å². The average Bonchev–Trinajstić information content (AvgIpc) is 3.22. The van der Waals surface area contributed by atoms with Gasteiger partial charge in [-0.2, -0.15) is 0 Å². The van der Waals surface area contributed by atoms with Gasteiger partial charge in [-0.15, -0.1) is 0 Å². The van der Waals surface area contributed by atoms with Gasteiger partial charge in [0.15, 0.2) is 0 Å². The van der Waals surface area contributed by atoms with Crippen molar-refractivity contribution in [1.82, 2.24) is 21.1 Å². The maximum atomic E-state index is 13.9. The molecule has 0 aliphatic carbocycles. The molecule has 0 spiro atoms. The van der Waals surface area contributed by atoms with Crippen LogP contribution in [0.15, 0.2) is 24.3 Å². The number of carbonyl (C=O) groups excluding carboxylic acids is 1. The van der Waals surface area contributed by atoms with Crippen molar-refractivity contribution in [1.29, 1.82) is 0 Å². The van der Waals surface area contributed by atoms with Crippen LogP contribution < -0.4 is 16.2 Å². The fraction of sp³-hybridized carbons (Fsp3) is 0.611. The van der Waals surface area contributed by atoms with E-state index in [1.807, 2.05) is 0 Å². The zero-order chi connectivity index (χ0) is 18.0. The van der Waals surface area contributed by atoms with Gasteiger partial charge in [0.25, 0.3) is 0 Å². The van der Waals surface area contributed by atoms with E-state index < -0.39 is 6.04 Å². The summed E-state index contributed by atoms with van der Waals surface area (Å²) in [7, 11) is 1.68. The van der Waals surface area contributed by atoms with Crippen LogP contribution in [0.25, 0.3) is 0 Å². The third kappa shape index (κ3) is 4.00. The van der Waals surface area contributed by atoms with Gasteiger partial charge in [-0.05, 0) is 26.3 Å². The third-order valence-electron chi connectivity index (χ3n) is 5.16. The summed E-state index contributed by atoms with van der Waals surface area (Å²) in [5.74, 6) is -0.338. The van der Waals surface area contributed by atoms with E-state index in [9.17, 15) is 9.18 Å². The molecule has 0 aromatic heterocycles. The summed E-state index contributed by atoms with van der Waals surface area (Å²) < 4.78 is 19.5. The minimum Gasteiger partial charge on any atom is -0.378 e. The van der Waals surface area contributed by atoms with Gasteiger partial charge < -0.3 is 10.1 Å². The Balaban J connectivity index is 1.58. The van der Waals surface area contributed by atoms with Crippen molar-refractivity contribution in [2.75, 3.05) is 20.2 Å². The number of hydrogen-bond acceptors (Lipinski definition) is 5. The summed E-state index contributed by atoms with van der Waals surface area (Å²) in [6.07, 6.45) is 0.494. The van der Waals surface area contributed by atoms with Gasteiger partial charge in [-0.3, -0.25) is 9.69 Å². The number of rotatable bonds is 5. The molecule has 0 bridgehead atoms. The first-order valence-electron chi connectivity index (χ1n) is 8.82. The van der Waals surface area contributed by atoms with Gasteiger partial charge in [-0.1, -0.05) is 18.2 Å². The monoisotopic (exact) mass is 350 g/mol. The van der Waals surface area contributed by atoms with Gasteiger partial charge in [0.05, 0.1) is 18.2 Å². The molecule has 2 heterocycles. The first-order valence-corrected chi connectivity index (χ1v) is 8.82. The van der Waals surface area contributed by atoms with E-state index in [1.165, 1.54) is 6.07 Å². The SMILES string of the molecule is CO[C@@H]1CN(C(C)C)C[C@H]1NC(=O)C1CC(c2ccccc2F)NN1. The molecule has 2 fully saturated rings. The van der Waals surface area contributed by atoms with Crippen molar-refractivity contribution in [2.45, 2.75) is 50.5 Å². The lowest BCUT2D eigenvalue weighted by molar-refractivity contribution is -0.124. The summed E-state index contributed by atoms with van der Waals surface area (Å²) in [4.78, 5) is 14.9. The Morgan fingerprint density at radius 1 is 1.32 bits per heavy atom. The van der Waals surface area contributed by atoms with Crippen molar-refractivity contribution < 1.29 is 13.9 Å². The van der Waals surface area contributed by atoms with Crippen LogP contribution in [0.4, 0.5) is 4.39 Å². The first-order chi connectivity index (χ1) is 12.0. The lowest BCUT2D eigenvalue weighted by Gasteiger charge is -2.21. The smallest absolute Gasteiger partial charge is 0.238 e. The Labute approximate surface area is 148 Å². The second-order valence-corrected chi connectivity index (χ2v) is 7.09. The van der Waals surface area contributed by atoms with Gasteiger partial charge in [0, 0.05) is 31.8 Å². The molecule has 6 nitrogen and oxygen atoms in total. The number of carbonyl (C=O) groups is 1. The highest BCUT2D eigenvalue weighted by molar-refractivity contribution is 5.82. The molecule has 2 aliphatic rings. The fourth-order valence-electron chi connectivity index (χ4n) is 3.58. The Morgan fingerprint density at radius 3 is 2.76 bits per heavy atom. The molecule has 2 aliphatic heterocycles.